The minimum atomic E-state index is -0.181. The minimum Gasteiger partial charge on any atom is -0.368 e. The van der Waals surface area contributed by atoms with Gasteiger partial charge in [0, 0.05) is 44.0 Å². The first kappa shape index (κ1) is 22.7. The van der Waals surface area contributed by atoms with E-state index in [0.29, 0.717) is 41.9 Å². The Kier molecular flexibility index (Phi) is 6.88. The topological polar surface area (TPSA) is 118 Å². The molecule has 1 aliphatic rings. The molecular weight excluding hydrogens is 418 g/mol. The fourth-order valence-corrected chi connectivity index (χ4v) is 4.17. The van der Waals surface area contributed by atoms with Gasteiger partial charge in [-0.25, -0.2) is 4.98 Å². The maximum absolute atomic E-state index is 13.3. The van der Waals surface area contributed by atoms with E-state index in [1.807, 2.05) is 29.2 Å². The number of aromatic nitrogens is 3. The van der Waals surface area contributed by atoms with Crippen LogP contribution in [0.1, 0.15) is 42.6 Å². The van der Waals surface area contributed by atoms with Gasteiger partial charge in [0.1, 0.15) is 11.2 Å². The van der Waals surface area contributed by atoms with Crippen molar-refractivity contribution in [1.82, 2.24) is 24.8 Å². The molecule has 1 fully saturated rings. The molecule has 0 aliphatic carbocycles. The smallest absolute Gasteiger partial charge is 0.264 e. The summed E-state index contributed by atoms with van der Waals surface area (Å²) in [6.45, 7) is 7.61. The van der Waals surface area contributed by atoms with Crippen LogP contribution in [0.3, 0.4) is 0 Å². The molecule has 9 heteroatoms. The third kappa shape index (κ3) is 5.14. The molecule has 174 valence electrons. The molecule has 1 atom stereocenters. The molecule has 0 spiro atoms. The Bertz CT molecular complexity index is 1180. The highest BCUT2D eigenvalue weighted by Crippen LogP contribution is 2.20. The molecule has 0 saturated carbocycles. The fourth-order valence-electron chi connectivity index (χ4n) is 4.17. The third-order valence-electron chi connectivity index (χ3n) is 5.90. The van der Waals surface area contributed by atoms with Gasteiger partial charge in [-0.3, -0.25) is 9.59 Å². The highest BCUT2D eigenvalue weighted by atomic mass is 16.2. The number of nitrogens with zero attached hydrogens (tertiary/aromatic N) is 4. The lowest BCUT2D eigenvalue weighted by Crippen LogP contribution is -2.46. The lowest BCUT2D eigenvalue weighted by Gasteiger charge is -2.27. The van der Waals surface area contributed by atoms with Crippen LogP contribution in [0.25, 0.3) is 10.9 Å². The quantitative estimate of drug-likeness (QED) is 0.505. The molecule has 3 heterocycles. The number of nitrogens with two attached hydrogens (primary N) is 1. The average molecular weight is 450 g/mol. The predicted octanol–water partition coefficient (Wildman–Crippen LogP) is 2.07. The first-order chi connectivity index (χ1) is 16.0. The molecule has 1 unspecified atom stereocenters. The second-order valence-electron chi connectivity index (χ2n) is 8.51. The fraction of sp³-hybridized carbons (Fsp3) is 0.417. The number of carbonyl (C=O) groups is 1. The van der Waals surface area contributed by atoms with E-state index in [2.05, 4.69) is 34.4 Å². The van der Waals surface area contributed by atoms with Crippen molar-refractivity contribution in [2.75, 3.05) is 37.2 Å². The van der Waals surface area contributed by atoms with Crippen molar-refractivity contribution in [2.45, 2.75) is 39.3 Å². The number of anilines is 2. The summed E-state index contributed by atoms with van der Waals surface area (Å²) in [7, 11) is 0. The van der Waals surface area contributed by atoms with Crippen LogP contribution in [-0.2, 0) is 6.54 Å². The lowest BCUT2D eigenvalue weighted by molar-refractivity contribution is 0.0736. The van der Waals surface area contributed by atoms with Crippen molar-refractivity contribution in [3.05, 3.63) is 58.0 Å². The Balaban J connectivity index is 1.58. The van der Waals surface area contributed by atoms with E-state index in [1.165, 1.54) is 0 Å². The Hall–Kier alpha value is -3.46. The number of pyridine rings is 1. The summed E-state index contributed by atoms with van der Waals surface area (Å²) in [5.41, 5.74) is 7.80. The first-order valence-corrected chi connectivity index (χ1v) is 11.5. The van der Waals surface area contributed by atoms with E-state index in [4.69, 9.17) is 5.73 Å². The molecule has 0 radical (unpaired) electrons. The summed E-state index contributed by atoms with van der Waals surface area (Å²) in [6.07, 6.45) is 3.69. The number of hydrogen-bond donors (Lipinski definition) is 3. The Labute approximate surface area is 193 Å². The molecule has 3 aromatic rings. The summed E-state index contributed by atoms with van der Waals surface area (Å²) >= 11 is 0. The Morgan fingerprint density at radius 2 is 1.91 bits per heavy atom. The van der Waals surface area contributed by atoms with Crippen LogP contribution in [0.5, 0.6) is 0 Å². The summed E-state index contributed by atoms with van der Waals surface area (Å²) in [5.74, 6) is 0.642. The molecule has 33 heavy (non-hydrogen) atoms. The van der Waals surface area contributed by atoms with Gasteiger partial charge in [0.05, 0.1) is 12.1 Å². The van der Waals surface area contributed by atoms with Crippen LogP contribution in [0.2, 0.25) is 0 Å². The van der Waals surface area contributed by atoms with Crippen LogP contribution < -0.4 is 21.9 Å². The number of piperazine rings is 1. The predicted molar refractivity (Wildman–Crippen MR) is 131 cm³/mol. The summed E-state index contributed by atoms with van der Waals surface area (Å²) < 4.78 is 1.63. The van der Waals surface area contributed by atoms with Crippen molar-refractivity contribution in [1.29, 1.82) is 0 Å². The zero-order valence-corrected chi connectivity index (χ0v) is 19.2. The molecule has 1 saturated heterocycles. The van der Waals surface area contributed by atoms with Crippen LogP contribution in [-0.4, -0.2) is 57.6 Å². The number of amides is 1. The van der Waals surface area contributed by atoms with E-state index in [0.717, 1.165) is 31.5 Å². The van der Waals surface area contributed by atoms with Crippen molar-refractivity contribution < 1.29 is 4.79 Å². The van der Waals surface area contributed by atoms with Gasteiger partial charge in [0.2, 0.25) is 5.95 Å². The van der Waals surface area contributed by atoms with Crippen LogP contribution in [0.4, 0.5) is 11.8 Å². The molecule has 1 aromatic carbocycles. The number of benzene rings is 1. The van der Waals surface area contributed by atoms with Crippen LogP contribution in [0, 0.1) is 0 Å². The summed E-state index contributed by atoms with van der Waals surface area (Å²) in [4.78, 5) is 36.4. The number of carbonyl (C=O) groups excluding carboxylic acids is 1. The van der Waals surface area contributed by atoms with E-state index in [9.17, 15) is 9.59 Å². The summed E-state index contributed by atoms with van der Waals surface area (Å²) in [5, 5.41) is 7.00. The van der Waals surface area contributed by atoms with E-state index in [1.54, 1.807) is 16.8 Å². The second-order valence-corrected chi connectivity index (χ2v) is 8.51. The maximum atomic E-state index is 13.3. The maximum Gasteiger partial charge on any atom is 0.264 e. The molecule has 4 N–H and O–H groups in total. The van der Waals surface area contributed by atoms with Gasteiger partial charge < -0.3 is 25.8 Å². The molecule has 1 aliphatic heterocycles. The molecule has 0 bridgehead atoms. The molecule has 4 rings (SSSR count). The SMILES string of the molecule is CCCC(C)Nc1nc(N)nc2ccn(Cc3ccc(C(=O)N4CCNCC4)cc3)c(=O)c12. The molecule has 2 aromatic heterocycles. The highest BCUT2D eigenvalue weighted by Gasteiger charge is 2.18. The van der Waals surface area contributed by atoms with Gasteiger partial charge >= 0.3 is 0 Å². The third-order valence-corrected chi connectivity index (χ3v) is 5.90. The van der Waals surface area contributed by atoms with Gasteiger partial charge in [-0.2, -0.15) is 4.98 Å². The number of nitrogen functional groups attached to an aromatic ring is 1. The normalized spacial score (nSPS) is 14.9. The second kappa shape index (κ2) is 9.99. The van der Waals surface area contributed by atoms with Gasteiger partial charge in [0.25, 0.3) is 11.5 Å². The van der Waals surface area contributed by atoms with Crippen molar-refractivity contribution in [3.8, 4) is 0 Å². The Morgan fingerprint density at radius 1 is 1.18 bits per heavy atom. The van der Waals surface area contributed by atoms with Crippen LogP contribution >= 0.6 is 0 Å². The van der Waals surface area contributed by atoms with E-state index in [-0.39, 0.29) is 23.5 Å². The zero-order valence-electron chi connectivity index (χ0n) is 19.2. The van der Waals surface area contributed by atoms with Gasteiger partial charge in [-0.05, 0) is 37.1 Å². The number of rotatable bonds is 7. The standard InChI is InChI=1S/C24H31N7O2/c1-3-4-16(2)27-21-20-19(28-24(25)29-21)9-12-31(23(20)33)15-17-5-7-18(8-6-17)22(32)30-13-10-26-11-14-30/h5-9,12,16,26H,3-4,10-11,13-15H2,1-2H3,(H3,25,27,28,29). The summed E-state index contributed by atoms with van der Waals surface area (Å²) in [6, 6.07) is 9.39. The first-order valence-electron chi connectivity index (χ1n) is 11.5. The highest BCUT2D eigenvalue weighted by molar-refractivity contribution is 5.94. The van der Waals surface area contributed by atoms with Crippen molar-refractivity contribution in [3.63, 3.8) is 0 Å². The molecule has 1 amide bonds. The van der Waals surface area contributed by atoms with Crippen molar-refractivity contribution >= 4 is 28.6 Å². The number of fused-ring (bicyclic) bond motifs is 1. The Morgan fingerprint density at radius 3 is 2.61 bits per heavy atom. The zero-order chi connectivity index (χ0) is 23.4. The van der Waals surface area contributed by atoms with Gasteiger partial charge in [-0.1, -0.05) is 25.5 Å². The molecule has 9 nitrogen and oxygen atoms in total. The largest absolute Gasteiger partial charge is 0.368 e. The van der Waals surface area contributed by atoms with Crippen molar-refractivity contribution in [2.24, 2.45) is 0 Å². The van der Waals surface area contributed by atoms with Gasteiger partial charge in [-0.15, -0.1) is 0 Å². The monoisotopic (exact) mass is 449 g/mol. The number of hydrogen-bond acceptors (Lipinski definition) is 7. The minimum absolute atomic E-state index is 0.0394. The number of nitrogens with one attached hydrogen (secondary N) is 2. The van der Waals surface area contributed by atoms with E-state index < -0.39 is 0 Å². The van der Waals surface area contributed by atoms with Crippen LogP contribution in [0.15, 0.2) is 41.3 Å². The lowest BCUT2D eigenvalue weighted by atomic mass is 10.1. The molecular formula is C24H31N7O2. The average Bonchev–Trinajstić information content (AvgIpc) is 2.81. The van der Waals surface area contributed by atoms with E-state index >= 15 is 0 Å². The van der Waals surface area contributed by atoms with Gasteiger partial charge in [0.15, 0.2) is 0 Å².